The predicted molar refractivity (Wildman–Crippen MR) is 179 cm³/mol. The molecule has 0 saturated carbocycles. The highest BCUT2D eigenvalue weighted by atomic mass is 35.5. The minimum absolute atomic E-state index is 0.00557. The summed E-state index contributed by atoms with van der Waals surface area (Å²) in [5, 5.41) is 21.4. The molecule has 1 N–H and O–H groups in total. The van der Waals surface area contributed by atoms with Gasteiger partial charge in [-0.3, -0.25) is 4.90 Å². The second-order valence-electron chi connectivity index (χ2n) is 12.8. The van der Waals surface area contributed by atoms with Crippen molar-refractivity contribution in [3.8, 4) is 29.0 Å². The molecule has 0 spiro atoms. The van der Waals surface area contributed by atoms with Gasteiger partial charge in [0.05, 0.1) is 24.1 Å². The SMILES string of the molecule is COCOc1cc(-c2ccc3c(N4CCN(C(=O)O)[C@@H](CC#N)C4)nc(OC[C@@]45CCCN4C[C@H](F)C5)nc3c2F)c2c(Cl)cccc2c1. The highest BCUT2D eigenvalue weighted by molar-refractivity contribution is 6.36. The van der Waals surface area contributed by atoms with Crippen molar-refractivity contribution in [3.63, 3.8) is 0 Å². The van der Waals surface area contributed by atoms with Crippen molar-refractivity contribution in [2.45, 2.75) is 43.4 Å². The van der Waals surface area contributed by atoms with E-state index in [0.29, 0.717) is 45.9 Å². The summed E-state index contributed by atoms with van der Waals surface area (Å²) in [6.07, 6.45) is -0.0487. The molecule has 4 heterocycles. The largest absolute Gasteiger partial charge is 0.468 e. The van der Waals surface area contributed by atoms with Gasteiger partial charge < -0.3 is 29.1 Å². The predicted octanol–water partition coefficient (Wildman–Crippen LogP) is 6.26. The molecular formula is C35H35ClF2N6O5. The van der Waals surface area contributed by atoms with E-state index in [-0.39, 0.29) is 56.5 Å². The summed E-state index contributed by atoms with van der Waals surface area (Å²) in [6, 6.07) is 13.7. The van der Waals surface area contributed by atoms with Crippen molar-refractivity contribution in [2.75, 3.05) is 58.1 Å². The van der Waals surface area contributed by atoms with Gasteiger partial charge in [-0.2, -0.15) is 15.2 Å². The molecule has 0 bridgehead atoms. The van der Waals surface area contributed by atoms with Crippen molar-refractivity contribution < 1.29 is 32.9 Å². The van der Waals surface area contributed by atoms with Crippen LogP contribution >= 0.6 is 11.6 Å². The Labute approximate surface area is 286 Å². The van der Waals surface area contributed by atoms with Crippen molar-refractivity contribution in [1.29, 1.82) is 5.26 Å². The Balaban J connectivity index is 1.35. The van der Waals surface area contributed by atoms with E-state index in [4.69, 9.17) is 30.8 Å². The molecule has 3 aliphatic heterocycles. The molecule has 4 aromatic rings. The van der Waals surface area contributed by atoms with Crippen molar-refractivity contribution >= 4 is 45.2 Å². The van der Waals surface area contributed by atoms with Gasteiger partial charge in [0.2, 0.25) is 0 Å². The number of hydrogen-bond acceptors (Lipinski definition) is 9. The van der Waals surface area contributed by atoms with Crippen LogP contribution < -0.4 is 14.4 Å². The number of carbonyl (C=O) groups is 1. The first-order chi connectivity index (χ1) is 23.7. The van der Waals surface area contributed by atoms with Crippen LogP contribution in [-0.4, -0.2) is 102 Å². The number of anilines is 1. The molecule has 1 amide bonds. The fourth-order valence-electron chi connectivity index (χ4n) is 7.64. The summed E-state index contributed by atoms with van der Waals surface area (Å²) < 4.78 is 48.6. The fourth-order valence-corrected chi connectivity index (χ4v) is 7.93. The second kappa shape index (κ2) is 13.4. The molecule has 256 valence electrons. The van der Waals surface area contributed by atoms with Gasteiger partial charge in [-0.15, -0.1) is 0 Å². The molecule has 3 saturated heterocycles. The number of ether oxygens (including phenoxy) is 3. The maximum atomic E-state index is 17.0. The number of carboxylic acid groups (broad SMARTS) is 1. The van der Waals surface area contributed by atoms with E-state index in [0.717, 1.165) is 24.8 Å². The first-order valence-corrected chi connectivity index (χ1v) is 16.6. The lowest BCUT2D eigenvalue weighted by Gasteiger charge is -2.40. The van der Waals surface area contributed by atoms with Crippen LogP contribution in [-0.2, 0) is 4.74 Å². The molecule has 7 rings (SSSR count). The van der Waals surface area contributed by atoms with E-state index in [1.165, 1.54) is 12.0 Å². The minimum Gasteiger partial charge on any atom is -0.468 e. The molecule has 3 aromatic carbocycles. The minimum atomic E-state index is -1.11. The summed E-state index contributed by atoms with van der Waals surface area (Å²) in [5.41, 5.74) is 0.218. The number of alkyl halides is 1. The van der Waals surface area contributed by atoms with Crippen LogP contribution in [0.4, 0.5) is 19.4 Å². The number of halogens is 3. The van der Waals surface area contributed by atoms with Gasteiger partial charge >= 0.3 is 12.1 Å². The van der Waals surface area contributed by atoms with Crippen LogP contribution in [0.3, 0.4) is 0 Å². The van der Waals surface area contributed by atoms with Gasteiger partial charge in [-0.1, -0.05) is 29.8 Å². The van der Waals surface area contributed by atoms with E-state index < -0.39 is 29.7 Å². The van der Waals surface area contributed by atoms with E-state index in [1.54, 1.807) is 36.4 Å². The number of nitrogens with zero attached hydrogens (tertiary/aromatic N) is 6. The number of piperazine rings is 1. The van der Waals surface area contributed by atoms with Gasteiger partial charge in [0.15, 0.2) is 12.6 Å². The molecule has 3 atom stereocenters. The summed E-state index contributed by atoms with van der Waals surface area (Å²) in [6.45, 7) is 1.80. The normalized spacial score (nSPS) is 22.4. The Bertz CT molecular complexity index is 1960. The van der Waals surface area contributed by atoms with E-state index in [2.05, 4.69) is 16.0 Å². The number of aromatic nitrogens is 2. The average molecular weight is 693 g/mol. The zero-order valence-corrected chi connectivity index (χ0v) is 27.6. The number of benzene rings is 3. The number of hydrogen-bond donors (Lipinski definition) is 1. The molecule has 11 nitrogen and oxygen atoms in total. The summed E-state index contributed by atoms with van der Waals surface area (Å²) in [7, 11) is 1.51. The number of rotatable bonds is 9. The van der Waals surface area contributed by atoms with Crippen molar-refractivity contribution in [2.24, 2.45) is 0 Å². The van der Waals surface area contributed by atoms with Crippen LogP contribution in [0.1, 0.15) is 25.7 Å². The smallest absolute Gasteiger partial charge is 0.407 e. The molecule has 3 aliphatic rings. The number of nitriles is 1. The Morgan fingerprint density at radius 3 is 2.80 bits per heavy atom. The molecular weight excluding hydrogens is 658 g/mol. The Kier molecular flexibility index (Phi) is 9.04. The third kappa shape index (κ3) is 6.13. The van der Waals surface area contributed by atoms with Crippen molar-refractivity contribution in [1.82, 2.24) is 19.8 Å². The monoisotopic (exact) mass is 692 g/mol. The lowest BCUT2D eigenvalue weighted by Crippen LogP contribution is -2.55. The molecule has 14 heteroatoms. The van der Waals surface area contributed by atoms with Gasteiger partial charge in [-0.05, 0) is 54.6 Å². The van der Waals surface area contributed by atoms with E-state index in [9.17, 15) is 19.6 Å². The summed E-state index contributed by atoms with van der Waals surface area (Å²) >= 11 is 6.68. The standard InChI is InChI=1S/C35H35ClF2N6O5/c1-47-20-49-24-14-21-4-2-5-28(36)29(21)27(15-24)25-6-7-26-31(30(25)38)40-33(48-19-35-9-3-11-43(35)17-22(37)16-35)41-32(26)42-12-13-44(34(45)46)23(18-42)8-10-39/h2,4-7,14-15,22-23H,3,8-9,11-13,16-20H2,1H3,(H,45,46)/t22-,23+,35+/m1/s1. The fraction of sp³-hybridized carbons (Fsp3) is 0.429. The van der Waals surface area contributed by atoms with Gasteiger partial charge in [-0.25, -0.2) is 13.6 Å². The maximum Gasteiger partial charge on any atom is 0.407 e. The third-order valence-electron chi connectivity index (χ3n) is 9.88. The molecule has 0 aliphatic carbocycles. The Morgan fingerprint density at radius 1 is 1.14 bits per heavy atom. The zero-order chi connectivity index (χ0) is 34.3. The lowest BCUT2D eigenvalue weighted by atomic mass is 9.95. The molecule has 0 unspecified atom stereocenters. The molecule has 3 fully saturated rings. The first-order valence-electron chi connectivity index (χ1n) is 16.2. The Hall–Kier alpha value is -4.51. The second-order valence-corrected chi connectivity index (χ2v) is 13.2. The van der Waals surface area contributed by atoms with E-state index in [1.807, 2.05) is 11.0 Å². The van der Waals surface area contributed by atoms with E-state index >= 15 is 4.39 Å². The number of amides is 1. The molecule has 49 heavy (non-hydrogen) atoms. The van der Waals surface area contributed by atoms with Crippen LogP contribution in [0.5, 0.6) is 11.8 Å². The molecule has 1 aromatic heterocycles. The average Bonchev–Trinajstić information content (AvgIpc) is 3.62. The quantitative estimate of drug-likeness (QED) is 0.201. The lowest BCUT2D eigenvalue weighted by molar-refractivity contribution is 0.0512. The van der Waals surface area contributed by atoms with Gasteiger partial charge in [0, 0.05) is 61.1 Å². The van der Waals surface area contributed by atoms with Crippen LogP contribution in [0.2, 0.25) is 5.02 Å². The van der Waals surface area contributed by atoms with Crippen LogP contribution in [0, 0.1) is 17.1 Å². The van der Waals surface area contributed by atoms with Crippen LogP contribution in [0.25, 0.3) is 32.8 Å². The topological polar surface area (TPSA) is 124 Å². The Morgan fingerprint density at radius 2 is 2.00 bits per heavy atom. The number of fused-ring (bicyclic) bond motifs is 3. The first kappa shape index (κ1) is 33.0. The van der Waals surface area contributed by atoms with Gasteiger partial charge in [0.1, 0.15) is 29.9 Å². The maximum absolute atomic E-state index is 17.0. The van der Waals surface area contributed by atoms with Gasteiger partial charge in [0.25, 0.3) is 0 Å². The summed E-state index contributed by atoms with van der Waals surface area (Å²) in [4.78, 5) is 26.5. The molecule has 0 radical (unpaired) electrons. The zero-order valence-electron chi connectivity index (χ0n) is 26.9. The highest BCUT2D eigenvalue weighted by Gasteiger charge is 2.49. The van der Waals surface area contributed by atoms with Crippen molar-refractivity contribution in [3.05, 3.63) is 53.3 Å². The van der Waals surface area contributed by atoms with Crippen LogP contribution in [0.15, 0.2) is 42.5 Å². The summed E-state index contributed by atoms with van der Waals surface area (Å²) in [5.74, 6) is 0.176. The third-order valence-corrected chi connectivity index (χ3v) is 10.2. The number of methoxy groups -OCH3 is 1. The highest BCUT2D eigenvalue weighted by Crippen LogP contribution is 2.43.